The molecule has 0 unspecified atom stereocenters. The third-order valence-corrected chi connectivity index (χ3v) is 4.03. The van der Waals surface area contributed by atoms with E-state index < -0.39 is 5.97 Å². The number of likely N-dealkylation sites (tertiary alicyclic amines) is 2. The first-order chi connectivity index (χ1) is 9.66. The number of urea groups is 1. The molecule has 20 heavy (non-hydrogen) atoms. The standard InChI is InChI=1S/C14H24N2O4/c17-13(18)11-20-12-5-9-16(10-6-12)14(19)15-7-3-1-2-4-8-15/h12H,1-11H2,(H,17,18). The van der Waals surface area contributed by atoms with Crippen molar-refractivity contribution in [2.45, 2.75) is 44.6 Å². The molecule has 0 saturated carbocycles. The molecule has 6 heteroatoms. The minimum atomic E-state index is -0.937. The lowest BCUT2D eigenvalue weighted by molar-refractivity contribution is -0.145. The van der Waals surface area contributed by atoms with Crippen LogP contribution in [-0.4, -0.2) is 65.8 Å². The number of carboxylic acids is 1. The van der Waals surface area contributed by atoms with Crippen LogP contribution in [0.2, 0.25) is 0 Å². The number of amides is 2. The minimum Gasteiger partial charge on any atom is -0.480 e. The fraction of sp³-hybridized carbons (Fsp3) is 0.857. The molecule has 2 heterocycles. The Balaban J connectivity index is 1.74. The Labute approximate surface area is 119 Å². The van der Waals surface area contributed by atoms with Crippen molar-refractivity contribution < 1.29 is 19.4 Å². The first-order valence-corrected chi connectivity index (χ1v) is 7.54. The van der Waals surface area contributed by atoms with Crippen LogP contribution in [0.25, 0.3) is 0 Å². The summed E-state index contributed by atoms with van der Waals surface area (Å²) in [5, 5.41) is 8.58. The number of carbonyl (C=O) groups excluding carboxylic acids is 1. The van der Waals surface area contributed by atoms with E-state index in [1.807, 2.05) is 9.80 Å². The summed E-state index contributed by atoms with van der Waals surface area (Å²) < 4.78 is 5.29. The van der Waals surface area contributed by atoms with Gasteiger partial charge in [0.2, 0.25) is 0 Å². The van der Waals surface area contributed by atoms with Crippen LogP contribution in [0.5, 0.6) is 0 Å². The van der Waals surface area contributed by atoms with Crippen molar-refractivity contribution >= 4 is 12.0 Å². The van der Waals surface area contributed by atoms with Gasteiger partial charge in [0.05, 0.1) is 6.10 Å². The SMILES string of the molecule is O=C(O)COC1CCN(C(=O)N2CCCCCC2)CC1. The van der Waals surface area contributed by atoms with E-state index in [9.17, 15) is 9.59 Å². The predicted octanol–water partition coefficient (Wildman–Crippen LogP) is 1.55. The smallest absolute Gasteiger partial charge is 0.329 e. The molecule has 0 aromatic carbocycles. The van der Waals surface area contributed by atoms with Gasteiger partial charge in [-0.05, 0) is 25.7 Å². The van der Waals surface area contributed by atoms with E-state index in [-0.39, 0.29) is 18.7 Å². The zero-order valence-corrected chi connectivity index (χ0v) is 11.9. The van der Waals surface area contributed by atoms with Crippen LogP contribution in [0.4, 0.5) is 4.79 Å². The Morgan fingerprint density at radius 2 is 1.50 bits per heavy atom. The number of rotatable bonds is 3. The average Bonchev–Trinajstić information content (AvgIpc) is 2.74. The van der Waals surface area contributed by atoms with E-state index in [1.165, 1.54) is 12.8 Å². The summed E-state index contributed by atoms with van der Waals surface area (Å²) in [7, 11) is 0. The van der Waals surface area contributed by atoms with E-state index >= 15 is 0 Å². The minimum absolute atomic E-state index is 0.0284. The normalized spacial score (nSPS) is 21.6. The van der Waals surface area contributed by atoms with Crippen LogP contribution in [0, 0.1) is 0 Å². The molecule has 0 aliphatic carbocycles. The molecule has 0 aromatic heterocycles. The number of hydrogen-bond donors (Lipinski definition) is 1. The summed E-state index contributed by atoms with van der Waals surface area (Å²) in [5.74, 6) is -0.937. The molecule has 0 bridgehead atoms. The van der Waals surface area contributed by atoms with Crippen molar-refractivity contribution in [3.8, 4) is 0 Å². The number of nitrogens with zero attached hydrogens (tertiary/aromatic N) is 2. The van der Waals surface area contributed by atoms with E-state index in [0.717, 1.165) is 38.8 Å². The maximum atomic E-state index is 12.4. The first-order valence-electron chi connectivity index (χ1n) is 7.54. The first kappa shape index (κ1) is 15.1. The lowest BCUT2D eigenvalue weighted by Gasteiger charge is -2.35. The Bertz CT molecular complexity index is 332. The van der Waals surface area contributed by atoms with Crippen LogP contribution in [0.3, 0.4) is 0 Å². The van der Waals surface area contributed by atoms with Crippen molar-refractivity contribution in [3.05, 3.63) is 0 Å². The summed E-state index contributed by atoms with van der Waals surface area (Å²) in [6.45, 7) is 2.83. The highest BCUT2D eigenvalue weighted by Crippen LogP contribution is 2.17. The molecule has 2 aliphatic heterocycles. The molecule has 1 N–H and O–H groups in total. The molecule has 2 saturated heterocycles. The molecular formula is C14H24N2O4. The van der Waals surface area contributed by atoms with Crippen LogP contribution in [0.15, 0.2) is 0 Å². The predicted molar refractivity (Wildman–Crippen MR) is 73.6 cm³/mol. The average molecular weight is 284 g/mol. The Morgan fingerprint density at radius 1 is 0.950 bits per heavy atom. The number of aliphatic carboxylic acids is 1. The lowest BCUT2D eigenvalue weighted by atomic mass is 10.1. The highest BCUT2D eigenvalue weighted by Gasteiger charge is 2.27. The Morgan fingerprint density at radius 3 is 2.05 bits per heavy atom. The van der Waals surface area contributed by atoms with Crippen molar-refractivity contribution in [2.24, 2.45) is 0 Å². The largest absolute Gasteiger partial charge is 0.480 e. The van der Waals surface area contributed by atoms with E-state index in [2.05, 4.69) is 0 Å². The van der Waals surface area contributed by atoms with Crippen LogP contribution < -0.4 is 0 Å². The van der Waals surface area contributed by atoms with E-state index in [4.69, 9.17) is 9.84 Å². The zero-order valence-electron chi connectivity index (χ0n) is 11.9. The van der Waals surface area contributed by atoms with Crippen molar-refractivity contribution in [2.75, 3.05) is 32.8 Å². The van der Waals surface area contributed by atoms with Gasteiger partial charge in [0.1, 0.15) is 6.61 Å². The molecule has 0 atom stereocenters. The topological polar surface area (TPSA) is 70.1 Å². The van der Waals surface area contributed by atoms with Gasteiger partial charge >= 0.3 is 12.0 Å². The fourth-order valence-corrected chi connectivity index (χ4v) is 2.86. The summed E-state index contributed by atoms with van der Waals surface area (Å²) in [6, 6.07) is 0.142. The highest BCUT2D eigenvalue weighted by molar-refractivity contribution is 5.74. The van der Waals surface area contributed by atoms with Gasteiger partial charge in [-0.1, -0.05) is 12.8 Å². The molecule has 0 radical (unpaired) electrons. The second-order valence-corrected chi connectivity index (χ2v) is 5.57. The summed E-state index contributed by atoms with van der Waals surface area (Å²) in [6.07, 6.45) is 6.07. The van der Waals surface area contributed by atoms with Crippen LogP contribution >= 0.6 is 0 Å². The van der Waals surface area contributed by atoms with Crippen molar-refractivity contribution in [1.29, 1.82) is 0 Å². The number of piperidine rings is 1. The van der Waals surface area contributed by atoms with Gasteiger partial charge in [0.15, 0.2) is 0 Å². The van der Waals surface area contributed by atoms with Crippen LogP contribution in [-0.2, 0) is 9.53 Å². The molecule has 0 aromatic rings. The van der Waals surface area contributed by atoms with Crippen LogP contribution in [0.1, 0.15) is 38.5 Å². The van der Waals surface area contributed by atoms with Gasteiger partial charge < -0.3 is 19.6 Å². The third-order valence-electron chi connectivity index (χ3n) is 4.03. The van der Waals surface area contributed by atoms with Gasteiger partial charge in [-0.25, -0.2) is 9.59 Å². The van der Waals surface area contributed by atoms with E-state index in [0.29, 0.717) is 13.1 Å². The fourth-order valence-electron chi connectivity index (χ4n) is 2.86. The number of carbonyl (C=O) groups is 2. The second-order valence-electron chi connectivity index (χ2n) is 5.57. The van der Waals surface area contributed by atoms with Gasteiger partial charge in [0, 0.05) is 26.2 Å². The summed E-state index contributed by atoms with van der Waals surface area (Å²) in [4.78, 5) is 26.7. The second kappa shape index (κ2) is 7.47. The Kier molecular flexibility index (Phi) is 5.64. The molecular weight excluding hydrogens is 260 g/mol. The number of hydrogen-bond acceptors (Lipinski definition) is 3. The van der Waals surface area contributed by atoms with Gasteiger partial charge in [-0.15, -0.1) is 0 Å². The number of ether oxygens (including phenoxy) is 1. The third kappa shape index (κ3) is 4.37. The Hall–Kier alpha value is -1.30. The molecule has 6 nitrogen and oxygen atoms in total. The molecule has 2 fully saturated rings. The maximum absolute atomic E-state index is 12.4. The quantitative estimate of drug-likeness (QED) is 0.853. The molecule has 114 valence electrons. The number of carboxylic acid groups (broad SMARTS) is 1. The highest BCUT2D eigenvalue weighted by atomic mass is 16.5. The van der Waals surface area contributed by atoms with Gasteiger partial charge in [0.25, 0.3) is 0 Å². The van der Waals surface area contributed by atoms with Crippen molar-refractivity contribution in [3.63, 3.8) is 0 Å². The van der Waals surface area contributed by atoms with Gasteiger partial charge in [-0.2, -0.15) is 0 Å². The van der Waals surface area contributed by atoms with E-state index in [1.54, 1.807) is 0 Å². The summed E-state index contributed by atoms with van der Waals surface area (Å²) >= 11 is 0. The molecule has 0 spiro atoms. The van der Waals surface area contributed by atoms with Gasteiger partial charge in [-0.3, -0.25) is 0 Å². The zero-order chi connectivity index (χ0) is 14.4. The monoisotopic (exact) mass is 284 g/mol. The summed E-state index contributed by atoms with van der Waals surface area (Å²) in [5.41, 5.74) is 0. The lowest BCUT2D eigenvalue weighted by Crippen LogP contribution is -2.48. The molecule has 2 aliphatic rings. The molecule has 2 rings (SSSR count). The maximum Gasteiger partial charge on any atom is 0.329 e. The van der Waals surface area contributed by atoms with Crippen molar-refractivity contribution in [1.82, 2.24) is 9.80 Å². The molecule has 2 amide bonds.